The van der Waals surface area contributed by atoms with Crippen LogP contribution in [0, 0.1) is 11.8 Å². The summed E-state index contributed by atoms with van der Waals surface area (Å²) in [6, 6.07) is 0. The number of hydrogen-bond acceptors (Lipinski definition) is 2. The van der Waals surface area contributed by atoms with Gasteiger partial charge in [0.15, 0.2) is 0 Å². The Morgan fingerprint density at radius 2 is 2.08 bits per heavy atom. The third-order valence-electron chi connectivity index (χ3n) is 2.56. The van der Waals surface area contributed by atoms with Crippen LogP contribution in [-0.4, -0.2) is 17.6 Å². The SMILES string of the molecule is CCC(C)CC[C@H](CN)CC(=O)O. The number of rotatable bonds is 7. The topological polar surface area (TPSA) is 63.3 Å². The summed E-state index contributed by atoms with van der Waals surface area (Å²) >= 11 is 0. The molecule has 13 heavy (non-hydrogen) atoms. The van der Waals surface area contributed by atoms with E-state index in [1.54, 1.807) is 0 Å². The lowest BCUT2D eigenvalue weighted by atomic mass is 9.93. The minimum Gasteiger partial charge on any atom is -0.481 e. The summed E-state index contributed by atoms with van der Waals surface area (Å²) in [5.41, 5.74) is 5.49. The van der Waals surface area contributed by atoms with Gasteiger partial charge in [0.25, 0.3) is 0 Å². The molecule has 0 fully saturated rings. The van der Waals surface area contributed by atoms with E-state index in [1.165, 1.54) is 0 Å². The van der Waals surface area contributed by atoms with Gasteiger partial charge < -0.3 is 10.8 Å². The van der Waals surface area contributed by atoms with Gasteiger partial charge in [0.2, 0.25) is 0 Å². The predicted octanol–water partition coefficient (Wildman–Crippen LogP) is 1.86. The molecule has 0 spiro atoms. The molecule has 0 rings (SSSR count). The van der Waals surface area contributed by atoms with Gasteiger partial charge in [-0.2, -0.15) is 0 Å². The van der Waals surface area contributed by atoms with Crippen LogP contribution < -0.4 is 5.73 Å². The first kappa shape index (κ1) is 12.4. The number of carboxylic acids is 1. The number of nitrogens with two attached hydrogens (primary N) is 1. The second kappa shape index (κ2) is 6.89. The van der Waals surface area contributed by atoms with Crippen molar-refractivity contribution in [2.45, 2.75) is 39.5 Å². The molecule has 78 valence electrons. The fraction of sp³-hybridized carbons (Fsp3) is 0.900. The van der Waals surface area contributed by atoms with Gasteiger partial charge in [-0.3, -0.25) is 4.79 Å². The largest absolute Gasteiger partial charge is 0.481 e. The van der Waals surface area contributed by atoms with E-state index in [1.807, 2.05) is 0 Å². The Morgan fingerprint density at radius 1 is 1.46 bits per heavy atom. The monoisotopic (exact) mass is 187 g/mol. The van der Waals surface area contributed by atoms with Crippen molar-refractivity contribution in [3.63, 3.8) is 0 Å². The van der Waals surface area contributed by atoms with Gasteiger partial charge in [-0.15, -0.1) is 0 Å². The minimum atomic E-state index is -0.736. The van der Waals surface area contributed by atoms with E-state index >= 15 is 0 Å². The predicted molar refractivity (Wildman–Crippen MR) is 53.5 cm³/mol. The van der Waals surface area contributed by atoms with Crippen molar-refractivity contribution in [2.75, 3.05) is 6.54 Å². The van der Waals surface area contributed by atoms with Gasteiger partial charge in [-0.05, 0) is 24.8 Å². The fourth-order valence-electron chi connectivity index (χ4n) is 1.27. The van der Waals surface area contributed by atoms with Gasteiger partial charge in [0.1, 0.15) is 0 Å². The van der Waals surface area contributed by atoms with E-state index in [9.17, 15) is 4.79 Å². The Hall–Kier alpha value is -0.570. The lowest BCUT2D eigenvalue weighted by molar-refractivity contribution is -0.138. The van der Waals surface area contributed by atoms with Crippen molar-refractivity contribution in [1.82, 2.24) is 0 Å². The van der Waals surface area contributed by atoms with Crippen LogP contribution in [0.4, 0.5) is 0 Å². The maximum atomic E-state index is 10.4. The van der Waals surface area contributed by atoms with Crippen LogP contribution >= 0.6 is 0 Å². The molecule has 2 atom stereocenters. The van der Waals surface area contributed by atoms with Crippen molar-refractivity contribution in [3.05, 3.63) is 0 Å². The molecule has 0 amide bonds. The number of aliphatic carboxylic acids is 1. The molecule has 1 unspecified atom stereocenters. The van der Waals surface area contributed by atoms with E-state index in [0.717, 1.165) is 19.3 Å². The van der Waals surface area contributed by atoms with Crippen LogP contribution in [0.3, 0.4) is 0 Å². The van der Waals surface area contributed by atoms with E-state index in [4.69, 9.17) is 10.8 Å². The van der Waals surface area contributed by atoms with Crippen molar-refractivity contribution in [2.24, 2.45) is 17.6 Å². The van der Waals surface area contributed by atoms with E-state index in [-0.39, 0.29) is 12.3 Å². The zero-order valence-electron chi connectivity index (χ0n) is 8.62. The molecule has 0 aliphatic rings. The highest BCUT2D eigenvalue weighted by Crippen LogP contribution is 2.16. The first-order valence-corrected chi connectivity index (χ1v) is 5.02. The van der Waals surface area contributed by atoms with Crippen molar-refractivity contribution in [3.8, 4) is 0 Å². The quantitative estimate of drug-likeness (QED) is 0.639. The fourth-order valence-corrected chi connectivity index (χ4v) is 1.27. The molecule has 0 heterocycles. The highest BCUT2D eigenvalue weighted by atomic mass is 16.4. The third-order valence-corrected chi connectivity index (χ3v) is 2.56. The average molecular weight is 187 g/mol. The Kier molecular flexibility index (Phi) is 6.59. The molecule has 3 N–H and O–H groups in total. The van der Waals surface area contributed by atoms with Gasteiger partial charge >= 0.3 is 5.97 Å². The van der Waals surface area contributed by atoms with Gasteiger partial charge in [0, 0.05) is 6.42 Å². The molecule has 0 aliphatic carbocycles. The lowest BCUT2D eigenvalue weighted by Gasteiger charge is -2.14. The summed E-state index contributed by atoms with van der Waals surface area (Å²) in [4.78, 5) is 10.4. The molecular weight excluding hydrogens is 166 g/mol. The summed E-state index contributed by atoms with van der Waals surface area (Å²) in [7, 11) is 0. The second-order valence-electron chi connectivity index (χ2n) is 3.79. The summed E-state index contributed by atoms with van der Waals surface area (Å²) in [5.74, 6) is 0.106. The van der Waals surface area contributed by atoms with Gasteiger partial charge in [-0.25, -0.2) is 0 Å². The normalized spacial score (nSPS) is 15.3. The molecule has 0 aliphatic heterocycles. The third kappa shape index (κ3) is 6.58. The second-order valence-corrected chi connectivity index (χ2v) is 3.79. The Balaban J connectivity index is 3.65. The van der Waals surface area contributed by atoms with E-state index in [2.05, 4.69) is 13.8 Å². The van der Waals surface area contributed by atoms with Crippen LogP contribution in [0.25, 0.3) is 0 Å². The van der Waals surface area contributed by atoms with Crippen molar-refractivity contribution >= 4 is 5.97 Å². The maximum Gasteiger partial charge on any atom is 0.303 e. The van der Waals surface area contributed by atoms with Crippen LogP contribution in [-0.2, 0) is 4.79 Å². The Morgan fingerprint density at radius 3 is 2.46 bits per heavy atom. The van der Waals surface area contributed by atoms with Crippen LogP contribution in [0.5, 0.6) is 0 Å². The average Bonchev–Trinajstić information content (AvgIpc) is 2.10. The van der Waals surface area contributed by atoms with Crippen LogP contribution in [0.1, 0.15) is 39.5 Å². The highest BCUT2D eigenvalue weighted by Gasteiger charge is 2.12. The molecule has 3 heteroatoms. The number of carbonyl (C=O) groups is 1. The molecule has 0 radical (unpaired) electrons. The Labute approximate surface area is 80.3 Å². The summed E-state index contributed by atoms with van der Waals surface area (Å²) in [5, 5.41) is 8.58. The highest BCUT2D eigenvalue weighted by molar-refractivity contribution is 5.67. The summed E-state index contributed by atoms with van der Waals surface area (Å²) in [6.45, 7) is 4.83. The zero-order valence-corrected chi connectivity index (χ0v) is 8.62. The van der Waals surface area contributed by atoms with E-state index < -0.39 is 5.97 Å². The zero-order chi connectivity index (χ0) is 10.3. The maximum absolute atomic E-state index is 10.4. The molecule has 0 aromatic rings. The molecular formula is C10H21NO2. The molecule has 0 saturated carbocycles. The summed E-state index contributed by atoms with van der Waals surface area (Å²) < 4.78 is 0. The smallest absolute Gasteiger partial charge is 0.303 e. The van der Waals surface area contributed by atoms with Gasteiger partial charge in [-0.1, -0.05) is 26.7 Å². The van der Waals surface area contributed by atoms with Crippen LogP contribution in [0.15, 0.2) is 0 Å². The van der Waals surface area contributed by atoms with Crippen molar-refractivity contribution < 1.29 is 9.90 Å². The van der Waals surface area contributed by atoms with Crippen molar-refractivity contribution in [1.29, 1.82) is 0 Å². The molecule has 0 aromatic heterocycles. The first-order chi connectivity index (χ1) is 6.10. The molecule has 0 aromatic carbocycles. The van der Waals surface area contributed by atoms with Crippen LogP contribution in [0.2, 0.25) is 0 Å². The molecule has 0 bridgehead atoms. The van der Waals surface area contributed by atoms with Gasteiger partial charge in [0.05, 0.1) is 0 Å². The number of hydrogen-bond donors (Lipinski definition) is 2. The summed E-state index contributed by atoms with van der Waals surface area (Å²) in [6.07, 6.45) is 3.40. The van der Waals surface area contributed by atoms with E-state index in [0.29, 0.717) is 12.5 Å². The standard InChI is InChI=1S/C10H21NO2/c1-3-8(2)4-5-9(7-11)6-10(12)13/h8-9H,3-7,11H2,1-2H3,(H,12,13)/t8?,9-/m0/s1. The molecule has 0 saturated heterocycles. The Bertz CT molecular complexity index is 148. The molecule has 3 nitrogen and oxygen atoms in total. The first-order valence-electron chi connectivity index (χ1n) is 5.02. The lowest BCUT2D eigenvalue weighted by Crippen LogP contribution is -2.18. The number of carboxylic acid groups (broad SMARTS) is 1. The minimum absolute atomic E-state index is 0.159.